The van der Waals surface area contributed by atoms with E-state index >= 15 is 0 Å². The molecule has 0 aromatic heterocycles. The third-order valence-corrected chi connectivity index (χ3v) is 1.20. The van der Waals surface area contributed by atoms with E-state index in [1.807, 2.05) is 0 Å². The molecular weight excluding hydrogens is 174 g/mol. The quantitative estimate of drug-likeness (QED) is 0.285. The lowest BCUT2D eigenvalue weighted by atomic mass is 10.2. The highest BCUT2D eigenvalue weighted by Gasteiger charge is 2.14. The highest BCUT2D eigenvalue weighted by Crippen LogP contribution is 1.97. The second kappa shape index (κ2) is 5.08. The molecule has 0 rings (SSSR count). The van der Waals surface area contributed by atoms with E-state index in [0.29, 0.717) is 0 Å². The number of nitrogens with one attached hydrogen (secondary N) is 1. The van der Waals surface area contributed by atoms with Gasteiger partial charge in [-0.3, -0.25) is 9.59 Å². The Balaban J connectivity index is 4.60. The molecule has 1 amide bonds. The second-order valence-corrected chi connectivity index (χ2v) is 2.31. The fraction of sp³-hybridized carbons (Fsp3) is 0.375. The summed E-state index contributed by atoms with van der Waals surface area (Å²) >= 11 is 0. The number of carbonyl (C=O) groups is 3. The highest BCUT2D eigenvalue weighted by atomic mass is 16.5. The largest absolute Gasteiger partial charge is 0.465 e. The first kappa shape index (κ1) is 11.4. The van der Waals surface area contributed by atoms with Gasteiger partial charge in [0.15, 0.2) is 5.78 Å². The number of amides is 1. The van der Waals surface area contributed by atoms with Gasteiger partial charge in [0, 0.05) is 13.1 Å². The van der Waals surface area contributed by atoms with Gasteiger partial charge in [-0.05, 0) is 6.92 Å². The Morgan fingerprint density at radius 1 is 1.23 bits per heavy atom. The fourth-order valence-corrected chi connectivity index (χ4v) is 0.588. The zero-order valence-corrected chi connectivity index (χ0v) is 7.71. The van der Waals surface area contributed by atoms with E-state index in [-0.39, 0.29) is 11.5 Å². The number of methoxy groups -OCH3 is 1. The minimum atomic E-state index is -0.763. The van der Waals surface area contributed by atoms with Crippen LogP contribution in [0.25, 0.3) is 0 Å². The van der Waals surface area contributed by atoms with E-state index in [1.165, 1.54) is 13.8 Å². The molecule has 13 heavy (non-hydrogen) atoms. The van der Waals surface area contributed by atoms with Gasteiger partial charge in [0.2, 0.25) is 5.91 Å². The van der Waals surface area contributed by atoms with Gasteiger partial charge in [-0.15, -0.1) is 0 Å². The molecule has 0 aromatic carbocycles. The summed E-state index contributed by atoms with van der Waals surface area (Å²) < 4.78 is 4.33. The van der Waals surface area contributed by atoms with Crippen LogP contribution in [-0.4, -0.2) is 24.8 Å². The van der Waals surface area contributed by atoms with Crippen molar-refractivity contribution in [1.29, 1.82) is 0 Å². The van der Waals surface area contributed by atoms with Crippen molar-refractivity contribution in [3.63, 3.8) is 0 Å². The summed E-state index contributed by atoms with van der Waals surface area (Å²) in [6.07, 6.45) is 1.04. The minimum absolute atomic E-state index is 0.183. The number of carbonyl (C=O) groups excluding carboxylic acids is 3. The summed E-state index contributed by atoms with van der Waals surface area (Å²) in [6, 6.07) is 0. The number of Topliss-reactive ketones (excluding diaryl/α,β-unsaturated/α-hetero) is 1. The van der Waals surface area contributed by atoms with Gasteiger partial charge in [-0.25, -0.2) is 4.79 Å². The Hall–Kier alpha value is -1.65. The molecule has 0 spiro atoms. The van der Waals surface area contributed by atoms with Crippen molar-refractivity contribution in [1.82, 2.24) is 5.32 Å². The van der Waals surface area contributed by atoms with Crippen LogP contribution in [0.2, 0.25) is 0 Å². The highest BCUT2D eigenvalue weighted by molar-refractivity contribution is 6.16. The number of ether oxygens (including phenoxy) is 1. The average molecular weight is 185 g/mol. The Morgan fingerprint density at radius 3 is 2.08 bits per heavy atom. The van der Waals surface area contributed by atoms with Crippen molar-refractivity contribution in [2.75, 3.05) is 7.11 Å². The normalized spacial score (nSPS) is 10.5. The molecule has 0 saturated carbocycles. The Bertz CT molecular complexity index is 267. The van der Waals surface area contributed by atoms with Crippen LogP contribution in [0.4, 0.5) is 0 Å². The van der Waals surface area contributed by atoms with E-state index in [4.69, 9.17) is 0 Å². The predicted octanol–water partition coefficient (Wildman–Crippen LogP) is -0.232. The number of hydrogen-bond donors (Lipinski definition) is 1. The van der Waals surface area contributed by atoms with Crippen LogP contribution in [-0.2, 0) is 19.1 Å². The molecule has 0 aliphatic rings. The van der Waals surface area contributed by atoms with Crippen molar-refractivity contribution >= 4 is 17.7 Å². The second-order valence-electron chi connectivity index (χ2n) is 2.31. The number of ketones is 1. The molecule has 0 atom stereocenters. The molecule has 0 saturated heterocycles. The van der Waals surface area contributed by atoms with Crippen molar-refractivity contribution in [2.24, 2.45) is 0 Å². The van der Waals surface area contributed by atoms with E-state index < -0.39 is 11.8 Å². The van der Waals surface area contributed by atoms with Crippen LogP contribution in [0.1, 0.15) is 13.8 Å². The third kappa shape index (κ3) is 4.05. The molecule has 5 nitrogen and oxygen atoms in total. The van der Waals surface area contributed by atoms with Crippen molar-refractivity contribution < 1.29 is 19.1 Å². The SMILES string of the molecule is COC(=O)/C(=C/NC(C)=O)C(C)=O. The van der Waals surface area contributed by atoms with Crippen LogP contribution in [0.15, 0.2) is 11.8 Å². The predicted molar refractivity (Wildman–Crippen MR) is 44.6 cm³/mol. The fourth-order valence-electron chi connectivity index (χ4n) is 0.588. The molecule has 0 aliphatic heterocycles. The number of rotatable bonds is 3. The molecule has 1 N–H and O–H groups in total. The maximum atomic E-state index is 10.9. The van der Waals surface area contributed by atoms with Gasteiger partial charge in [0.1, 0.15) is 5.57 Å². The summed E-state index contributed by atoms with van der Waals surface area (Å²) in [4.78, 5) is 32.2. The first-order valence-electron chi connectivity index (χ1n) is 3.55. The molecule has 0 aliphatic carbocycles. The first-order chi connectivity index (χ1) is 5.99. The Morgan fingerprint density at radius 2 is 1.77 bits per heavy atom. The zero-order valence-electron chi connectivity index (χ0n) is 7.71. The van der Waals surface area contributed by atoms with Gasteiger partial charge in [0.05, 0.1) is 7.11 Å². The van der Waals surface area contributed by atoms with Crippen LogP contribution >= 0.6 is 0 Å². The van der Waals surface area contributed by atoms with Crippen molar-refractivity contribution in [2.45, 2.75) is 13.8 Å². The van der Waals surface area contributed by atoms with Gasteiger partial charge in [-0.1, -0.05) is 0 Å². The van der Waals surface area contributed by atoms with Crippen LogP contribution < -0.4 is 5.32 Å². The van der Waals surface area contributed by atoms with Crippen LogP contribution in [0.3, 0.4) is 0 Å². The molecule has 0 radical (unpaired) electrons. The van der Waals surface area contributed by atoms with E-state index in [1.54, 1.807) is 0 Å². The topological polar surface area (TPSA) is 72.5 Å². The van der Waals surface area contributed by atoms with Gasteiger partial charge >= 0.3 is 5.97 Å². The summed E-state index contributed by atoms with van der Waals surface area (Å²) in [5.74, 6) is -1.58. The zero-order chi connectivity index (χ0) is 10.4. The molecule has 0 heterocycles. The maximum absolute atomic E-state index is 10.9. The Labute approximate surface area is 75.8 Å². The summed E-state index contributed by atoms with van der Waals surface area (Å²) in [5, 5.41) is 2.22. The molecular formula is C8H11NO4. The summed E-state index contributed by atoms with van der Waals surface area (Å²) in [7, 11) is 1.16. The Kier molecular flexibility index (Phi) is 4.43. The maximum Gasteiger partial charge on any atom is 0.342 e. The lowest BCUT2D eigenvalue weighted by molar-refractivity contribution is -0.137. The summed E-state index contributed by atoms with van der Waals surface area (Å²) in [5.41, 5.74) is -0.183. The molecule has 0 bridgehead atoms. The van der Waals surface area contributed by atoms with E-state index in [2.05, 4.69) is 10.1 Å². The van der Waals surface area contributed by atoms with E-state index in [9.17, 15) is 14.4 Å². The smallest absolute Gasteiger partial charge is 0.342 e. The van der Waals surface area contributed by atoms with Gasteiger partial charge in [-0.2, -0.15) is 0 Å². The number of esters is 1. The molecule has 5 heteroatoms. The van der Waals surface area contributed by atoms with Gasteiger partial charge in [0.25, 0.3) is 0 Å². The third-order valence-electron chi connectivity index (χ3n) is 1.20. The van der Waals surface area contributed by atoms with E-state index in [0.717, 1.165) is 13.3 Å². The monoisotopic (exact) mass is 185 g/mol. The van der Waals surface area contributed by atoms with Gasteiger partial charge < -0.3 is 10.1 Å². The lowest BCUT2D eigenvalue weighted by Crippen LogP contribution is -2.19. The molecule has 0 unspecified atom stereocenters. The standard InChI is InChI=1S/C8H11NO4/c1-5(10)7(8(12)13-3)4-9-6(2)11/h4H,1-3H3,(H,9,11)/b7-4+. The first-order valence-corrected chi connectivity index (χ1v) is 3.55. The molecule has 72 valence electrons. The lowest BCUT2D eigenvalue weighted by Gasteiger charge is -2.00. The minimum Gasteiger partial charge on any atom is -0.465 e. The number of hydrogen-bond acceptors (Lipinski definition) is 4. The van der Waals surface area contributed by atoms with Crippen LogP contribution in [0, 0.1) is 0 Å². The van der Waals surface area contributed by atoms with Crippen LogP contribution in [0.5, 0.6) is 0 Å². The molecule has 0 aromatic rings. The summed E-state index contributed by atoms with van der Waals surface area (Å²) in [6.45, 7) is 2.48. The van der Waals surface area contributed by atoms with Crippen molar-refractivity contribution in [3.05, 3.63) is 11.8 Å². The average Bonchev–Trinajstić information content (AvgIpc) is 2.03. The molecule has 0 fully saturated rings. The van der Waals surface area contributed by atoms with Crippen molar-refractivity contribution in [3.8, 4) is 0 Å².